The van der Waals surface area contributed by atoms with Gasteiger partial charge in [-0.1, -0.05) is 51.1 Å². The van der Waals surface area contributed by atoms with Crippen molar-refractivity contribution in [2.75, 3.05) is 13.2 Å². The van der Waals surface area contributed by atoms with Gasteiger partial charge in [0.25, 0.3) is 5.91 Å². The van der Waals surface area contributed by atoms with Gasteiger partial charge in [-0.2, -0.15) is 0 Å². The van der Waals surface area contributed by atoms with Crippen molar-refractivity contribution in [1.82, 2.24) is 5.32 Å². The molecule has 1 amide bonds. The highest BCUT2D eigenvalue weighted by atomic mass is 16.5. The zero-order valence-corrected chi connectivity index (χ0v) is 13.5. The van der Waals surface area contributed by atoms with Crippen molar-refractivity contribution in [3.05, 3.63) is 42.0 Å². The Morgan fingerprint density at radius 2 is 2.05 bits per heavy atom. The first-order valence-electron chi connectivity index (χ1n) is 7.71. The van der Waals surface area contributed by atoms with Crippen LogP contribution in [0.2, 0.25) is 0 Å². The Morgan fingerprint density at radius 3 is 2.68 bits per heavy atom. The van der Waals surface area contributed by atoms with Crippen LogP contribution in [0.15, 0.2) is 36.4 Å². The number of rotatable bonds is 5. The first kappa shape index (κ1) is 16.6. The van der Waals surface area contributed by atoms with Crippen LogP contribution in [-0.2, 0) is 10.2 Å². The number of hydrogen-bond acceptors (Lipinski definition) is 3. The molecule has 1 aromatic carbocycles. The van der Waals surface area contributed by atoms with Crippen molar-refractivity contribution >= 4 is 5.91 Å². The molecule has 1 aliphatic rings. The van der Waals surface area contributed by atoms with Crippen molar-refractivity contribution in [1.29, 1.82) is 0 Å². The van der Waals surface area contributed by atoms with Crippen molar-refractivity contribution in [2.45, 2.75) is 38.6 Å². The maximum atomic E-state index is 12.0. The van der Waals surface area contributed by atoms with E-state index in [4.69, 9.17) is 9.84 Å². The number of hydrogen-bond donors (Lipinski definition) is 2. The van der Waals surface area contributed by atoms with E-state index in [0.717, 1.165) is 17.7 Å². The average molecular weight is 303 g/mol. The van der Waals surface area contributed by atoms with Crippen LogP contribution in [-0.4, -0.2) is 30.3 Å². The van der Waals surface area contributed by atoms with Crippen LogP contribution in [0.25, 0.3) is 0 Å². The summed E-state index contributed by atoms with van der Waals surface area (Å²) in [4.78, 5) is 12.0. The van der Waals surface area contributed by atoms with E-state index >= 15 is 0 Å². The summed E-state index contributed by atoms with van der Waals surface area (Å²) in [6.45, 7) is 6.48. The van der Waals surface area contributed by atoms with Gasteiger partial charge in [-0.3, -0.25) is 4.79 Å². The van der Waals surface area contributed by atoms with Crippen molar-refractivity contribution < 1.29 is 14.6 Å². The Kier molecular flexibility index (Phi) is 5.24. The second-order valence-electron chi connectivity index (χ2n) is 6.77. The summed E-state index contributed by atoms with van der Waals surface area (Å²) in [5.74, 6) is 0.755. The number of carbonyl (C=O) groups excluding carboxylic acids is 1. The summed E-state index contributed by atoms with van der Waals surface area (Å²) in [7, 11) is 0. The zero-order valence-electron chi connectivity index (χ0n) is 13.5. The number of amides is 1. The SMILES string of the molecule is CC(C)(C)c1ccccc1OCC(=O)N[C@@H]1C=C[C@H](CO)C1. The van der Waals surface area contributed by atoms with Crippen LogP contribution < -0.4 is 10.1 Å². The number of carbonyl (C=O) groups is 1. The minimum absolute atomic E-state index is 0.00122. The highest BCUT2D eigenvalue weighted by Crippen LogP contribution is 2.30. The number of para-hydroxylation sites is 1. The predicted molar refractivity (Wildman–Crippen MR) is 86.9 cm³/mol. The fourth-order valence-electron chi connectivity index (χ4n) is 2.62. The topological polar surface area (TPSA) is 58.6 Å². The number of ether oxygens (including phenoxy) is 1. The van der Waals surface area contributed by atoms with E-state index in [2.05, 4.69) is 26.1 Å². The molecule has 4 nitrogen and oxygen atoms in total. The lowest BCUT2D eigenvalue weighted by Crippen LogP contribution is -2.36. The van der Waals surface area contributed by atoms with Crippen molar-refractivity contribution in [2.24, 2.45) is 5.92 Å². The first-order valence-corrected chi connectivity index (χ1v) is 7.71. The number of aliphatic hydroxyl groups is 1. The minimum atomic E-state index is -0.142. The molecule has 120 valence electrons. The van der Waals surface area contributed by atoms with Crippen LogP contribution in [0.4, 0.5) is 0 Å². The van der Waals surface area contributed by atoms with Crippen molar-refractivity contribution in [3.8, 4) is 5.75 Å². The molecular weight excluding hydrogens is 278 g/mol. The Labute approximate surface area is 132 Å². The number of aliphatic hydroxyl groups excluding tert-OH is 1. The van der Waals surface area contributed by atoms with E-state index in [1.165, 1.54) is 0 Å². The first-order chi connectivity index (χ1) is 10.4. The Morgan fingerprint density at radius 1 is 1.32 bits per heavy atom. The monoisotopic (exact) mass is 303 g/mol. The van der Waals surface area contributed by atoms with Gasteiger partial charge < -0.3 is 15.2 Å². The van der Waals surface area contributed by atoms with Gasteiger partial charge >= 0.3 is 0 Å². The second kappa shape index (κ2) is 6.97. The molecule has 1 aromatic rings. The van der Waals surface area contributed by atoms with Gasteiger partial charge in [0, 0.05) is 18.6 Å². The summed E-state index contributed by atoms with van der Waals surface area (Å²) >= 11 is 0. The van der Waals surface area contributed by atoms with E-state index in [9.17, 15) is 4.79 Å². The molecule has 4 heteroatoms. The molecule has 0 saturated heterocycles. The third-order valence-electron chi connectivity index (χ3n) is 3.81. The van der Waals surface area contributed by atoms with Gasteiger partial charge in [0.05, 0.1) is 0 Å². The lowest BCUT2D eigenvalue weighted by molar-refractivity contribution is -0.123. The van der Waals surface area contributed by atoms with E-state index in [0.29, 0.717) is 0 Å². The summed E-state index contributed by atoms with van der Waals surface area (Å²) in [5, 5.41) is 12.0. The molecular formula is C18H25NO3. The normalized spacial score (nSPS) is 20.9. The van der Waals surface area contributed by atoms with Gasteiger partial charge in [-0.25, -0.2) is 0 Å². The van der Waals surface area contributed by atoms with Crippen LogP contribution in [0.5, 0.6) is 5.75 Å². The summed E-state index contributed by atoms with van der Waals surface area (Å²) in [6, 6.07) is 7.80. The molecule has 1 aliphatic carbocycles. The van der Waals surface area contributed by atoms with Crippen molar-refractivity contribution in [3.63, 3.8) is 0 Å². The van der Waals surface area contributed by atoms with Crippen LogP contribution in [0.3, 0.4) is 0 Å². The standard InChI is InChI=1S/C18H25NO3/c1-18(2,3)15-6-4-5-7-16(15)22-12-17(21)19-14-9-8-13(10-14)11-20/h4-9,13-14,20H,10-12H2,1-3H3,(H,19,21)/t13-,14+/m0/s1. The summed E-state index contributed by atoms with van der Waals surface area (Å²) in [6.07, 6.45) is 4.63. The fourth-order valence-corrected chi connectivity index (χ4v) is 2.62. The van der Waals surface area contributed by atoms with Crippen LogP contribution in [0.1, 0.15) is 32.8 Å². The molecule has 0 fully saturated rings. The summed E-state index contributed by atoms with van der Waals surface area (Å²) < 4.78 is 5.70. The molecule has 0 radical (unpaired) electrons. The Bertz CT molecular complexity index is 546. The third-order valence-corrected chi connectivity index (χ3v) is 3.81. The maximum Gasteiger partial charge on any atom is 0.258 e. The number of benzene rings is 1. The van der Waals surface area contributed by atoms with Gasteiger partial charge in [0.1, 0.15) is 5.75 Å². The maximum absolute atomic E-state index is 12.0. The molecule has 0 spiro atoms. The quantitative estimate of drug-likeness (QED) is 0.821. The van der Waals surface area contributed by atoms with Gasteiger partial charge in [0.15, 0.2) is 6.61 Å². The van der Waals surface area contributed by atoms with E-state index in [1.54, 1.807) is 0 Å². The molecule has 0 unspecified atom stereocenters. The summed E-state index contributed by atoms with van der Waals surface area (Å²) in [5.41, 5.74) is 1.05. The van der Waals surface area contributed by atoms with Gasteiger partial charge in [-0.15, -0.1) is 0 Å². The molecule has 0 aliphatic heterocycles. The number of nitrogens with one attached hydrogen (secondary N) is 1. The second-order valence-corrected chi connectivity index (χ2v) is 6.77. The zero-order chi connectivity index (χ0) is 16.2. The largest absolute Gasteiger partial charge is 0.483 e. The molecule has 0 saturated carbocycles. The molecule has 0 bridgehead atoms. The lowest BCUT2D eigenvalue weighted by atomic mass is 9.86. The third kappa shape index (κ3) is 4.34. The highest BCUT2D eigenvalue weighted by Gasteiger charge is 2.21. The van der Waals surface area contributed by atoms with E-state index in [1.807, 2.05) is 36.4 Å². The lowest BCUT2D eigenvalue weighted by Gasteiger charge is -2.22. The Hall–Kier alpha value is -1.81. The van der Waals surface area contributed by atoms with E-state index < -0.39 is 0 Å². The molecule has 0 heterocycles. The smallest absolute Gasteiger partial charge is 0.258 e. The van der Waals surface area contributed by atoms with Gasteiger partial charge in [-0.05, 0) is 23.5 Å². The fraction of sp³-hybridized carbons (Fsp3) is 0.500. The van der Waals surface area contributed by atoms with Gasteiger partial charge in [0.2, 0.25) is 0 Å². The minimum Gasteiger partial charge on any atom is -0.483 e. The van der Waals surface area contributed by atoms with Crippen LogP contribution >= 0.6 is 0 Å². The average Bonchev–Trinajstić information content (AvgIpc) is 2.92. The molecule has 0 aromatic heterocycles. The highest BCUT2D eigenvalue weighted by molar-refractivity contribution is 5.78. The molecule has 22 heavy (non-hydrogen) atoms. The molecule has 2 atom stereocenters. The van der Waals surface area contributed by atoms with Crippen LogP contribution in [0, 0.1) is 5.92 Å². The predicted octanol–water partition coefficient (Wildman–Crippen LogP) is 2.42. The Balaban J connectivity index is 1.88. The molecule has 2 rings (SSSR count). The van der Waals surface area contributed by atoms with E-state index in [-0.39, 0.29) is 36.5 Å². The molecule has 2 N–H and O–H groups in total.